The summed E-state index contributed by atoms with van der Waals surface area (Å²) < 4.78 is 6.45. The summed E-state index contributed by atoms with van der Waals surface area (Å²) >= 11 is 0. The molecule has 0 bridgehead atoms. The molecule has 0 radical (unpaired) electrons. The van der Waals surface area contributed by atoms with E-state index in [1.54, 1.807) is 0 Å². The summed E-state index contributed by atoms with van der Waals surface area (Å²) in [7, 11) is 3.78. The monoisotopic (exact) mass is 507 g/mol. The van der Waals surface area contributed by atoms with Crippen molar-refractivity contribution in [3.05, 3.63) is 47.0 Å². The van der Waals surface area contributed by atoms with E-state index in [2.05, 4.69) is 51.3 Å². The Bertz CT molecular complexity index is 991. The molecule has 2 saturated heterocycles. The number of likely N-dealkylation sites (tertiary alicyclic amines) is 1. The minimum atomic E-state index is 0.126. The van der Waals surface area contributed by atoms with Crippen molar-refractivity contribution in [3.8, 4) is 0 Å². The van der Waals surface area contributed by atoms with Gasteiger partial charge in [0.15, 0.2) is 0 Å². The van der Waals surface area contributed by atoms with Crippen LogP contribution in [0.3, 0.4) is 0 Å². The van der Waals surface area contributed by atoms with Gasteiger partial charge in [0.2, 0.25) is 5.91 Å². The van der Waals surface area contributed by atoms with E-state index >= 15 is 0 Å². The third-order valence-electron chi connectivity index (χ3n) is 8.85. The normalized spacial score (nSPS) is 26.7. The smallest absolute Gasteiger partial charge is 0.246 e. The standard InChI is InChI=1S/C30H45N5O2/c1-22(31-2)20-28(32-3)30(23-6-4-7-23)34-18-19-35(29(36)21-34)25-10-12-26(13-11-25)37-27-14-16-33(17-15-27)24-8-5-9-24/h10-12,20,24,26-27,31H,4-9,13-19,21H2,1-3H3. The quantitative estimate of drug-likeness (QED) is 0.503. The number of amides is 1. The highest BCUT2D eigenvalue weighted by molar-refractivity contribution is 6.09. The van der Waals surface area contributed by atoms with Gasteiger partial charge in [-0.1, -0.05) is 18.6 Å². The van der Waals surface area contributed by atoms with Crippen LogP contribution in [0.1, 0.15) is 64.7 Å². The number of ether oxygens (including phenoxy) is 1. The third-order valence-corrected chi connectivity index (χ3v) is 8.85. The Hall–Kier alpha value is -2.38. The number of piperazine rings is 1. The van der Waals surface area contributed by atoms with E-state index in [4.69, 9.17) is 4.74 Å². The molecule has 37 heavy (non-hydrogen) atoms. The van der Waals surface area contributed by atoms with E-state index < -0.39 is 0 Å². The maximum atomic E-state index is 13.3. The Morgan fingerprint density at radius 2 is 1.89 bits per heavy atom. The summed E-state index contributed by atoms with van der Waals surface area (Å²) in [5.74, 6) is 0.159. The van der Waals surface area contributed by atoms with Crippen molar-refractivity contribution >= 4 is 11.6 Å². The van der Waals surface area contributed by atoms with Crippen molar-refractivity contribution in [2.75, 3.05) is 46.8 Å². The largest absolute Gasteiger partial charge is 0.392 e. The number of hydrogen-bond donors (Lipinski definition) is 1. The number of rotatable bonds is 8. The highest BCUT2D eigenvalue weighted by Crippen LogP contribution is 2.33. The number of piperidine rings is 1. The summed E-state index contributed by atoms with van der Waals surface area (Å²) in [6, 6.07) is 0.842. The second-order valence-electron chi connectivity index (χ2n) is 11.2. The molecule has 0 aromatic rings. The number of hydrogen-bond acceptors (Lipinski definition) is 6. The number of nitrogens with one attached hydrogen (secondary N) is 1. The molecule has 5 rings (SSSR count). The van der Waals surface area contributed by atoms with Crippen molar-refractivity contribution in [2.45, 2.75) is 83.0 Å². The summed E-state index contributed by atoms with van der Waals surface area (Å²) in [5.41, 5.74) is 5.66. The van der Waals surface area contributed by atoms with Gasteiger partial charge in [-0.15, -0.1) is 0 Å². The predicted molar refractivity (Wildman–Crippen MR) is 149 cm³/mol. The Morgan fingerprint density at radius 1 is 1.11 bits per heavy atom. The highest BCUT2D eigenvalue weighted by atomic mass is 16.5. The molecule has 2 saturated carbocycles. The zero-order valence-corrected chi connectivity index (χ0v) is 23.0. The fourth-order valence-electron chi connectivity index (χ4n) is 6.08. The van der Waals surface area contributed by atoms with Crippen LogP contribution in [0.5, 0.6) is 0 Å². The zero-order valence-electron chi connectivity index (χ0n) is 23.0. The molecule has 1 atom stereocenters. The van der Waals surface area contributed by atoms with Gasteiger partial charge < -0.3 is 24.8 Å². The van der Waals surface area contributed by atoms with Gasteiger partial charge in [-0.3, -0.25) is 9.79 Å². The molecule has 1 N–H and O–H groups in total. The molecule has 0 aromatic heterocycles. The lowest BCUT2D eigenvalue weighted by Gasteiger charge is -2.42. The van der Waals surface area contributed by atoms with E-state index in [0.29, 0.717) is 19.2 Å². The second kappa shape index (κ2) is 12.0. The fourth-order valence-corrected chi connectivity index (χ4v) is 6.08. The number of allylic oxidation sites excluding steroid dienone is 4. The fraction of sp³-hybridized carbons (Fsp3) is 0.667. The van der Waals surface area contributed by atoms with Crippen LogP contribution < -0.4 is 5.32 Å². The van der Waals surface area contributed by atoms with Gasteiger partial charge in [-0.25, -0.2) is 0 Å². The van der Waals surface area contributed by atoms with E-state index in [-0.39, 0.29) is 12.0 Å². The molecule has 2 aliphatic heterocycles. The van der Waals surface area contributed by atoms with Crippen LogP contribution in [-0.2, 0) is 9.53 Å². The lowest BCUT2D eigenvalue weighted by Crippen LogP contribution is -2.50. The molecule has 5 aliphatic rings. The summed E-state index contributed by atoms with van der Waals surface area (Å²) in [4.78, 5) is 24.8. The number of carbonyl (C=O) groups excluding carboxylic acids is 1. The van der Waals surface area contributed by atoms with Gasteiger partial charge in [0.25, 0.3) is 0 Å². The molecule has 2 heterocycles. The third kappa shape index (κ3) is 6.04. The van der Waals surface area contributed by atoms with Crippen LogP contribution in [0.25, 0.3) is 0 Å². The van der Waals surface area contributed by atoms with Crippen molar-refractivity contribution in [1.82, 2.24) is 20.0 Å². The molecule has 3 aliphatic carbocycles. The van der Waals surface area contributed by atoms with Crippen molar-refractivity contribution in [3.63, 3.8) is 0 Å². The van der Waals surface area contributed by atoms with Gasteiger partial charge >= 0.3 is 0 Å². The average molecular weight is 508 g/mol. The molecule has 7 heteroatoms. The Kier molecular flexibility index (Phi) is 8.50. The van der Waals surface area contributed by atoms with Crippen LogP contribution >= 0.6 is 0 Å². The lowest BCUT2D eigenvalue weighted by atomic mass is 9.88. The first-order chi connectivity index (χ1) is 18.1. The van der Waals surface area contributed by atoms with Gasteiger partial charge in [0, 0.05) is 57.7 Å². The van der Waals surface area contributed by atoms with Crippen molar-refractivity contribution in [1.29, 1.82) is 0 Å². The average Bonchev–Trinajstić information content (AvgIpc) is 2.85. The SMILES string of the molecule is CN=C(C=C(C)NC)C(=C1CCC1)N1CCN(C2=CCC(OC3CCN(C4CCC4)CC3)C=C2)C(=O)C1. The Balaban J connectivity index is 1.15. The number of carbonyl (C=O) groups is 1. The zero-order chi connectivity index (χ0) is 25.8. The molecule has 7 nitrogen and oxygen atoms in total. The first-order valence-corrected chi connectivity index (χ1v) is 14.4. The molecule has 0 spiro atoms. The molecular formula is C30H45N5O2. The van der Waals surface area contributed by atoms with Gasteiger partial charge in [0.05, 0.1) is 30.2 Å². The molecule has 4 fully saturated rings. The maximum Gasteiger partial charge on any atom is 0.246 e. The number of nitrogens with zero attached hydrogens (tertiary/aromatic N) is 4. The molecule has 1 amide bonds. The topological polar surface area (TPSA) is 60.4 Å². The van der Waals surface area contributed by atoms with Crippen LogP contribution in [0.15, 0.2) is 52.0 Å². The van der Waals surface area contributed by atoms with Crippen LogP contribution in [-0.4, -0.2) is 91.4 Å². The van der Waals surface area contributed by atoms with E-state index in [1.807, 2.05) is 19.0 Å². The van der Waals surface area contributed by atoms with Gasteiger partial charge in [-0.05, 0) is 76.0 Å². The van der Waals surface area contributed by atoms with Crippen LogP contribution in [0, 0.1) is 0 Å². The maximum absolute atomic E-state index is 13.3. The first-order valence-electron chi connectivity index (χ1n) is 14.4. The summed E-state index contributed by atoms with van der Waals surface area (Å²) in [5, 5.41) is 3.20. The van der Waals surface area contributed by atoms with E-state index in [9.17, 15) is 4.79 Å². The predicted octanol–water partition coefficient (Wildman–Crippen LogP) is 4.01. The minimum Gasteiger partial charge on any atom is -0.392 e. The summed E-state index contributed by atoms with van der Waals surface area (Å²) in [6.07, 6.45) is 19.8. The van der Waals surface area contributed by atoms with Crippen LogP contribution in [0.4, 0.5) is 0 Å². The van der Waals surface area contributed by atoms with E-state index in [1.165, 1.54) is 50.0 Å². The minimum absolute atomic E-state index is 0.126. The van der Waals surface area contributed by atoms with Crippen molar-refractivity contribution < 1.29 is 9.53 Å². The Morgan fingerprint density at radius 3 is 2.43 bits per heavy atom. The molecule has 0 aromatic carbocycles. The first kappa shape index (κ1) is 26.2. The van der Waals surface area contributed by atoms with Crippen LogP contribution in [0.2, 0.25) is 0 Å². The molecule has 1 unspecified atom stereocenters. The highest BCUT2D eigenvalue weighted by Gasteiger charge is 2.32. The molecular weight excluding hydrogens is 462 g/mol. The lowest BCUT2D eigenvalue weighted by molar-refractivity contribution is -0.132. The van der Waals surface area contributed by atoms with Gasteiger partial charge in [-0.2, -0.15) is 0 Å². The number of aliphatic imine (C=N–C) groups is 1. The second-order valence-corrected chi connectivity index (χ2v) is 11.2. The Labute approximate surface area is 223 Å². The van der Waals surface area contributed by atoms with E-state index in [0.717, 1.165) is 61.8 Å². The van der Waals surface area contributed by atoms with Gasteiger partial charge in [0.1, 0.15) is 0 Å². The summed E-state index contributed by atoms with van der Waals surface area (Å²) in [6.45, 7) is 6.32. The van der Waals surface area contributed by atoms with Crippen molar-refractivity contribution in [2.24, 2.45) is 4.99 Å². The molecule has 202 valence electrons.